The highest BCUT2D eigenvalue weighted by Crippen LogP contribution is 2.30. The summed E-state index contributed by atoms with van der Waals surface area (Å²) in [5, 5.41) is 3.18. The molecule has 0 spiro atoms. The molecule has 2 aromatic carbocycles. The standard InChI is InChI=1S/C21H22ClF2NO2/c1-4-18(25-12(2)10-13(3)26)16-8-9-17(22)19(20(16)24)21(27)14-6-5-7-15(23)11-14/h5-9,11-12,18,25H,4,10H2,1-3H3/t12-,18+/m0/s1. The number of rotatable bonds is 8. The number of hydrogen-bond acceptors (Lipinski definition) is 3. The molecule has 0 unspecified atom stereocenters. The van der Waals surface area contributed by atoms with E-state index in [9.17, 15) is 14.0 Å². The number of Topliss-reactive ketones (excluding diaryl/α,β-unsaturated/α-hetero) is 1. The van der Waals surface area contributed by atoms with Crippen LogP contribution in [0.2, 0.25) is 5.02 Å². The van der Waals surface area contributed by atoms with Crippen LogP contribution in [0.1, 0.15) is 61.1 Å². The van der Waals surface area contributed by atoms with Crippen LogP contribution in [-0.2, 0) is 4.79 Å². The number of benzene rings is 2. The number of carbonyl (C=O) groups is 2. The molecule has 2 rings (SSSR count). The van der Waals surface area contributed by atoms with Crippen molar-refractivity contribution in [1.82, 2.24) is 5.32 Å². The van der Waals surface area contributed by atoms with Crippen LogP contribution in [-0.4, -0.2) is 17.6 Å². The number of halogens is 3. The fraction of sp³-hybridized carbons (Fsp3) is 0.333. The average Bonchev–Trinajstić information content (AvgIpc) is 2.59. The molecule has 0 aromatic heterocycles. The van der Waals surface area contributed by atoms with Crippen LogP contribution in [0, 0.1) is 11.6 Å². The zero-order chi connectivity index (χ0) is 20.1. The third-order valence-electron chi connectivity index (χ3n) is 4.30. The van der Waals surface area contributed by atoms with Gasteiger partial charge in [0.1, 0.15) is 17.4 Å². The quantitative estimate of drug-likeness (QED) is 0.622. The monoisotopic (exact) mass is 393 g/mol. The lowest BCUT2D eigenvalue weighted by molar-refractivity contribution is -0.117. The Kier molecular flexibility index (Phi) is 7.22. The van der Waals surface area contributed by atoms with Gasteiger partial charge in [0.2, 0.25) is 0 Å². The van der Waals surface area contributed by atoms with Crippen LogP contribution < -0.4 is 5.32 Å². The highest BCUT2D eigenvalue weighted by molar-refractivity contribution is 6.35. The van der Waals surface area contributed by atoms with Gasteiger partial charge < -0.3 is 5.32 Å². The van der Waals surface area contributed by atoms with Gasteiger partial charge >= 0.3 is 0 Å². The normalized spacial score (nSPS) is 13.3. The summed E-state index contributed by atoms with van der Waals surface area (Å²) >= 11 is 6.09. The van der Waals surface area contributed by atoms with Crippen molar-refractivity contribution in [3.63, 3.8) is 0 Å². The van der Waals surface area contributed by atoms with E-state index in [1.165, 1.54) is 37.3 Å². The summed E-state index contributed by atoms with van der Waals surface area (Å²) in [5.74, 6) is -1.96. The Morgan fingerprint density at radius 1 is 1.19 bits per heavy atom. The van der Waals surface area contributed by atoms with Crippen LogP contribution in [0.5, 0.6) is 0 Å². The Balaban J connectivity index is 2.41. The minimum Gasteiger partial charge on any atom is -0.307 e. The molecule has 0 fully saturated rings. The maximum atomic E-state index is 15.2. The van der Waals surface area contributed by atoms with Gasteiger partial charge in [0.25, 0.3) is 0 Å². The third-order valence-corrected chi connectivity index (χ3v) is 4.61. The summed E-state index contributed by atoms with van der Waals surface area (Å²) in [6, 6.07) is 7.51. The van der Waals surface area contributed by atoms with Crippen LogP contribution in [0.3, 0.4) is 0 Å². The molecule has 2 aromatic rings. The third kappa shape index (κ3) is 5.21. The zero-order valence-electron chi connectivity index (χ0n) is 15.5. The van der Waals surface area contributed by atoms with Gasteiger partial charge in [-0.1, -0.05) is 36.7 Å². The summed E-state index contributed by atoms with van der Waals surface area (Å²) in [6.45, 7) is 5.22. The molecule has 0 saturated heterocycles. The summed E-state index contributed by atoms with van der Waals surface area (Å²) in [7, 11) is 0. The van der Waals surface area contributed by atoms with Crippen LogP contribution in [0.4, 0.5) is 8.78 Å². The van der Waals surface area contributed by atoms with E-state index in [0.717, 1.165) is 6.07 Å². The second kappa shape index (κ2) is 9.20. The molecule has 2 atom stereocenters. The second-order valence-corrected chi connectivity index (χ2v) is 7.01. The predicted molar refractivity (Wildman–Crippen MR) is 102 cm³/mol. The first-order valence-corrected chi connectivity index (χ1v) is 9.16. The zero-order valence-corrected chi connectivity index (χ0v) is 16.2. The highest BCUT2D eigenvalue weighted by atomic mass is 35.5. The maximum Gasteiger partial charge on any atom is 0.197 e. The van der Waals surface area contributed by atoms with E-state index in [1.54, 1.807) is 0 Å². The predicted octanol–water partition coefficient (Wildman–Crippen LogP) is 5.26. The molecule has 0 heterocycles. The van der Waals surface area contributed by atoms with E-state index in [-0.39, 0.29) is 33.5 Å². The van der Waals surface area contributed by atoms with Gasteiger partial charge in [-0.15, -0.1) is 0 Å². The Hall–Kier alpha value is -2.11. The van der Waals surface area contributed by atoms with E-state index in [2.05, 4.69) is 5.32 Å². The first-order valence-electron chi connectivity index (χ1n) is 8.78. The topological polar surface area (TPSA) is 46.2 Å². The molecule has 1 N–H and O–H groups in total. The van der Waals surface area contributed by atoms with Gasteiger partial charge in [-0.25, -0.2) is 8.78 Å². The number of ketones is 2. The number of hydrogen-bond donors (Lipinski definition) is 1. The van der Waals surface area contributed by atoms with Crippen LogP contribution in [0.25, 0.3) is 0 Å². The van der Waals surface area contributed by atoms with E-state index < -0.39 is 23.5 Å². The summed E-state index contributed by atoms with van der Waals surface area (Å²) in [6.07, 6.45) is 0.870. The van der Waals surface area contributed by atoms with Gasteiger partial charge in [0, 0.05) is 29.6 Å². The molecule has 0 bridgehead atoms. The molecule has 3 nitrogen and oxygen atoms in total. The molecular weight excluding hydrogens is 372 g/mol. The molecule has 6 heteroatoms. The van der Waals surface area contributed by atoms with Crippen molar-refractivity contribution in [3.8, 4) is 0 Å². The van der Waals surface area contributed by atoms with Crippen LogP contribution in [0.15, 0.2) is 36.4 Å². The molecule has 0 amide bonds. The van der Waals surface area contributed by atoms with E-state index in [0.29, 0.717) is 12.8 Å². The molecule has 0 saturated carbocycles. The Morgan fingerprint density at radius 3 is 2.48 bits per heavy atom. The van der Waals surface area contributed by atoms with Crippen molar-refractivity contribution in [2.45, 2.75) is 45.7 Å². The van der Waals surface area contributed by atoms with E-state index in [1.807, 2.05) is 13.8 Å². The van der Waals surface area contributed by atoms with Crippen molar-refractivity contribution in [2.75, 3.05) is 0 Å². The number of carbonyl (C=O) groups excluding carboxylic acids is 2. The van der Waals surface area contributed by atoms with Gasteiger partial charge in [0.15, 0.2) is 5.78 Å². The lowest BCUT2D eigenvalue weighted by Crippen LogP contribution is -2.32. The Labute approximate surface area is 162 Å². The van der Waals surface area contributed by atoms with Crippen molar-refractivity contribution in [3.05, 3.63) is 69.7 Å². The van der Waals surface area contributed by atoms with Gasteiger partial charge in [-0.2, -0.15) is 0 Å². The second-order valence-electron chi connectivity index (χ2n) is 6.60. The lowest BCUT2D eigenvalue weighted by atomic mass is 9.95. The summed E-state index contributed by atoms with van der Waals surface area (Å²) < 4.78 is 28.7. The van der Waals surface area contributed by atoms with Crippen LogP contribution >= 0.6 is 11.6 Å². The molecular formula is C21H22ClF2NO2. The highest BCUT2D eigenvalue weighted by Gasteiger charge is 2.25. The maximum absolute atomic E-state index is 15.2. The minimum atomic E-state index is -0.730. The van der Waals surface area contributed by atoms with Crippen molar-refractivity contribution in [2.24, 2.45) is 0 Å². The van der Waals surface area contributed by atoms with E-state index in [4.69, 9.17) is 11.6 Å². The van der Waals surface area contributed by atoms with Crippen molar-refractivity contribution >= 4 is 23.2 Å². The smallest absolute Gasteiger partial charge is 0.197 e. The first-order chi connectivity index (χ1) is 12.7. The molecule has 0 aliphatic carbocycles. The average molecular weight is 394 g/mol. The molecule has 0 radical (unpaired) electrons. The molecule has 27 heavy (non-hydrogen) atoms. The number of nitrogens with one attached hydrogen (secondary N) is 1. The Morgan fingerprint density at radius 2 is 1.89 bits per heavy atom. The largest absolute Gasteiger partial charge is 0.307 e. The molecule has 0 aliphatic heterocycles. The van der Waals surface area contributed by atoms with Crippen molar-refractivity contribution < 1.29 is 18.4 Å². The van der Waals surface area contributed by atoms with E-state index >= 15 is 4.39 Å². The fourth-order valence-corrected chi connectivity index (χ4v) is 3.31. The van der Waals surface area contributed by atoms with Gasteiger partial charge in [-0.05, 0) is 38.5 Å². The summed E-state index contributed by atoms with van der Waals surface area (Å²) in [4.78, 5) is 24.0. The minimum absolute atomic E-state index is 0.0268. The fourth-order valence-electron chi connectivity index (χ4n) is 3.08. The first kappa shape index (κ1) is 21.2. The Bertz CT molecular complexity index is 854. The summed E-state index contributed by atoms with van der Waals surface area (Å²) in [5.41, 5.74) is 0.0372. The van der Waals surface area contributed by atoms with Crippen molar-refractivity contribution in [1.29, 1.82) is 0 Å². The van der Waals surface area contributed by atoms with Gasteiger partial charge in [0.05, 0.1) is 10.6 Å². The lowest BCUT2D eigenvalue weighted by Gasteiger charge is -2.23. The SMILES string of the molecule is CC[C@@H](N[C@@H](C)CC(C)=O)c1ccc(Cl)c(C(=O)c2cccc(F)c2)c1F. The molecule has 0 aliphatic rings. The van der Waals surface area contributed by atoms with Gasteiger partial charge in [-0.3, -0.25) is 9.59 Å². The molecule has 144 valence electrons.